The van der Waals surface area contributed by atoms with Crippen molar-refractivity contribution in [2.45, 2.75) is 27.2 Å². The van der Waals surface area contributed by atoms with Crippen molar-refractivity contribution in [2.24, 2.45) is 0 Å². The van der Waals surface area contributed by atoms with Crippen LogP contribution >= 0.6 is 22.9 Å². The third-order valence-electron chi connectivity index (χ3n) is 4.62. The van der Waals surface area contributed by atoms with Gasteiger partial charge in [0.25, 0.3) is 5.91 Å². The minimum Gasteiger partial charge on any atom is -0.329 e. The fourth-order valence-corrected chi connectivity index (χ4v) is 4.22. The summed E-state index contributed by atoms with van der Waals surface area (Å²) in [6.45, 7) is 6.23. The summed E-state index contributed by atoms with van der Waals surface area (Å²) < 4.78 is 0. The van der Waals surface area contributed by atoms with Gasteiger partial charge in [-0.15, -0.1) is 11.3 Å². The second-order valence-electron chi connectivity index (χ2n) is 7.03. The maximum absolute atomic E-state index is 13.2. The van der Waals surface area contributed by atoms with Crippen LogP contribution in [0.5, 0.6) is 0 Å². The average molecular weight is 442 g/mol. The fraction of sp³-hybridized carbons (Fsp3) is 0.261. The van der Waals surface area contributed by atoms with Crippen LogP contribution in [0.4, 0.5) is 5.69 Å². The van der Waals surface area contributed by atoms with E-state index in [1.807, 2.05) is 57.2 Å². The molecular formula is C23H24ClN3O2S. The number of nitrogens with zero attached hydrogens (tertiary/aromatic N) is 2. The van der Waals surface area contributed by atoms with Gasteiger partial charge in [0.15, 0.2) is 0 Å². The molecule has 1 aromatic heterocycles. The maximum atomic E-state index is 13.2. The number of halogens is 1. The Labute approximate surface area is 185 Å². The van der Waals surface area contributed by atoms with Crippen molar-refractivity contribution >= 4 is 40.4 Å². The van der Waals surface area contributed by atoms with Gasteiger partial charge in [-0.1, -0.05) is 48.9 Å². The van der Waals surface area contributed by atoms with Crippen LogP contribution in [0.2, 0.25) is 5.02 Å². The third kappa shape index (κ3) is 5.26. The zero-order chi connectivity index (χ0) is 21.7. The molecule has 0 fully saturated rings. The van der Waals surface area contributed by atoms with E-state index in [0.717, 1.165) is 28.2 Å². The number of anilines is 1. The number of aryl methyl sites for hydroxylation is 2. The molecular weight excluding hydrogens is 418 g/mol. The van der Waals surface area contributed by atoms with E-state index in [1.165, 1.54) is 11.3 Å². The van der Waals surface area contributed by atoms with Gasteiger partial charge in [-0.25, -0.2) is 4.98 Å². The highest BCUT2D eigenvalue weighted by atomic mass is 35.5. The Morgan fingerprint density at radius 2 is 1.80 bits per heavy atom. The molecule has 2 amide bonds. The Kier molecular flexibility index (Phi) is 7.24. The molecule has 0 radical (unpaired) electrons. The number of amides is 2. The highest BCUT2D eigenvalue weighted by molar-refractivity contribution is 7.17. The van der Waals surface area contributed by atoms with Crippen LogP contribution in [-0.2, 0) is 4.79 Å². The number of benzene rings is 2. The highest BCUT2D eigenvalue weighted by Crippen LogP contribution is 2.29. The molecule has 0 aliphatic heterocycles. The number of aromatic nitrogens is 1. The Morgan fingerprint density at radius 1 is 1.10 bits per heavy atom. The molecule has 0 bridgehead atoms. The average Bonchev–Trinajstić information content (AvgIpc) is 3.11. The van der Waals surface area contributed by atoms with Crippen molar-refractivity contribution in [3.05, 3.63) is 69.7 Å². The molecule has 7 heteroatoms. The number of thiazole rings is 1. The summed E-state index contributed by atoms with van der Waals surface area (Å²) in [5.41, 5.74) is 3.30. The zero-order valence-electron chi connectivity index (χ0n) is 17.2. The standard InChI is InChI=1S/C23H24ClN3O2S/c1-4-13-27(14-20(28)26-19-8-6-5-7-15(19)2)23(29)21-16(3)25-22(30-21)17-9-11-18(24)12-10-17/h5-12H,4,13-14H2,1-3H3,(H,26,28). The third-order valence-corrected chi connectivity index (χ3v) is 6.06. The lowest BCUT2D eigenvalue weighted by atomic mass is 10.2. The second-order valence-corrected chi connectivity index (χ2v) is 8.47. The predicted octanol–water partition coefficient (Wildman–Crippen LogP) is 5.57. The molecule has 1 heterocycles. The number of rotatable bonds is 7. The van der Waals surface area contributed by atoms with Crippen LogP contribution in [0.25, 0.3) is 10.6 Å². The minimum atomic E-state index is -0.216. The van der Waals surface area contributed by atoms with Crippen LogP contribution in [0, 0.1) is 13.8 Å². The number of para-hydroxylation sites is 1. The van der Waals surface area contributed by atoms with Crippen LogP contribution in [-0.4, -0.2) is 34.8 Å². The van der Waals surface area contributed by atoms with Gasteiger partial charge in [-0.3, -0.25) is 9.59 Å². The summed E-state index contributed by atoms with van der Waals surface area (Å²) in [6, 6.07) is 14.9. The van der Waals surface area contributed by atoms with Crippen LogP contribution in [0.3, 0.4) is 0 Å². The van der Waals surface area contributed by atoms with Crippen molar-refractivity contribution in [2.75, 3.05) is 18.4 Å². The molecule has 0 spiro atoms. The Bertz CT molecular complexity index is 1050. The first kappa shape index (κ1) is 22.0. The van der Waals surface area contributed by atoms with Gasteiger partial charge in [0.2, 0.25) is 5.91 Å². The molecule has 3 rings (SSSR count). The van der Waals surface area contributed by atoms with E-state index in [1.54, 1.807) is 17.0 Å². The molecule has 30 heavy (non-hydrogen) atoms. The molecule has 156 valence electrons. The van der Waals surface area contributed by atoms with E-state index < -0.39 is 0 Å². The van der Waals surface area contributed by atoms with E-state index in [9.17, 15) is 9.59 Å². The Hall–Kier alpha value is -2.70. The topological polar surface area (TPSA) is 62.3 Å². The first-order valence-electron chi connectivity index (χ1n) is 9.77. The number of carbonyl (C=O) groups excluding carboxylic acids is 2. The summed E-state index contributed by atoms with van der Waals surface area (Å²) in [5.74, 6) is -0.391. The first-order chi connectivity index (χ1) is 14.4. The summed E-state index contributed by atoms with van der Waals surface area (Å²) in [7, 11) is 0. The fourth-order valence-electron chi connectivity index (χ4n) is 3.05. The molecule has 3 aromatic rings. The van der Waals surface area contributed by atoms with Gasteiger partial charge in [0, 0.05) is 22.8 Å². The van der Waals surface area contributed by atoms with E-state index >= 15 is 0 Å². The van der Waals surface area contributed by atoms with Gasteiger partial charge in [-0.2, -0.15) is 0 Å². The lowest BCUT2D eigenvalue weighted by Gasteiger charge is -2.21. The maximum Gasteiger partial charge on any atom is 0.266 e. The van der Waals surface area contributed by atoms with Crippen LogP contribution in [0.1, 0.15) is 34.3 Å². The largest absolute Gasteiger partial charge is 0.329 e. The van der Waals surface area contributed by atoms with Crippen molar-refractivity contribution < 1.29 is 9.59 Å². The van der Waals surface area contributed by atoms with Gasteiger partial charge < -0.3 is 10.2 Å². The molecule has 1 N–H and O–H groups in total. The van der Waals surface area contributed by atoms with E-state index in [0.29, 0.717) is 22.1 Å². The Balaban J connectivity index is 1.77. The highest BCUT2D eigenvalue weighted by Gasteiger charge is 2.23. The summed E-state index contributed by atoms with van der Waals surface area (Å²) >= 11 is 7.30. The van der Waals surface area contributed by atoms with Gasteiger partial charge in [0.1, 0.15) is 16.4 Å². The quantitative estimate of drug-likeness (QED) is 0.521. The molecule has 0 unspecified atom stereocenters. The molecule has 0 aliphatic carbocycles. The van der Waals surface area contributed by atoms with E-state index in [-0.39, 0.29) is 18.4 Å². The number of carbonyl (C=O) groups is 2. The Morgan fingerprint density at radius 3 is 2.47 bits per heavy atom. The van der Waals surface area contributed by atoms with Crippen LogP contribution < -0.4 is 5.32 Å². The number of hydrogen-bond acceptors (Lipinski definition) is 4. The van der Waals surface area contributed by atoms with Gasteiger partial charge >= 0.3 is 0 Å². The molecule has 0 atom stereocenters. The van der Waals surface area contributed by atoms with E-state index in [2.05, 4.69) is 10.3 Å². The van der Waals surface area contributed by atoms with Gasteiger partial charge in [0.05, 0.1) is 5.69 Å². The minimum absolute atomic E-state index is 0.00533. The monoisotopic (exact) mass is 441 g/mol. The molecule has 0 aliphatic rings. The number of hydrogen-bond donors (Lipinski definition) is 1. The lowest BCUT2D eigenvalue weighted by Crippen LogP contribution is -2.38. The van der Waals surface area contributed by atoms with Crippen molar-refractivity contribution in [3.8, 4) is 10.6 Å². The van der Waals surface area contributed by atoms with Crippen molar-refractivity contribution in [3.63, 3.8) is 0 Å². The van der Waals surface area contributed by atoms with Crippen molar-refractivity contribution in [1.82, 2.24) is 9.88 Å². The smallest absolute Gasteiger partial charge is 0.266 e. The second kappa shape index (κ2) is 9.87. The first-order valence-corrected chi connectivity index (χ1v) is 11.0. The number of nitrogens with one attached hydrogen (secondary N) is 1. The summed E-state index contributed by atoms with van der Waals surface area (Å²) in [4.78, 5) is 32.5. The molecule has 5 nitrogen and oxygen atoms in total. The lowest BCUT2D eigenvalue weighted by molar-refractivity contribution is -0.116. The molecule has 0 saturated carbocycles. The summed E-state index contributed by atoms with van der Waals surface area (Å²) in [6.07, 6.45) is 0.755. The van der Waals surface area contributed by atoms with Gasteiger partial charge in [-0.05, 0) is 44.0 Å². The van der Waals surface area contributed by atoms with E-state index in [4.69, 9.17) is 11.6 Å². The van der Waals surface area contributed by atoms with Crippen LogP contribution in [0.15, 0.2) is 48.5 Å². The zero-order valence-corrected chi connectivity index (χ0v) is 18.8. The predicted molar refractivity (Wildman–Crippen MR) is 123 cm³/mol. The molecule has 0 saturated heterocycles. The molecule has 2 aromatic carbocycles. The summed E-state index contributed by atoms with van der Waals surface area (Å²) in [5, 5.41) is 4.31. The SMILES string of the molecule is CCCN(CC(=O)Nc1ccccc1C)C(=O)c1sc(-c2ccc(Cl)cc2)nc1C. The van der Waals surface area contributed by atoms with Crippen molar-refractivity contribution in [1.29, 1.82) is 0 Å². The normalized spacial score (nSPS) is 10.7.